The fourth-order valence-electron chi connectivity index (χ4n) is 3.04. The van der Waals surface area contributed by atoms with E-state index in [1.165, 1.54) is 32.1 Å². The largest absolute Gasteiger partial charge is 0.342 e. The second-order valence-corrected chi connectivity index (χ2v) is 5.76. The van der Waals surface area contributed by atoms with Crippen molar-refractivity contribution in [2.45, 2.75) is 51.0 Å². The number of hydrogen-bond donors (Lipinski definition) is 2. The second kappa shape index (κ2) is 4.39. The molecule has 1 heterocycles. The summed E-state index contributed by atoms with van der Waals surface area (Å²) in [5, 5.41) is 0. The molecule has 1 aliphatic carbocycles. The first kappa shape index (κ1) is 11.7. The molecule has 0 bridgehead atoms. The number of rotatable bonds is 2. The molecule has 1 fully saturated rings. The summed E-state index contributed by atoms with van der Waals surface area (Å²) in [6, 6.07) is 6.26. The number of hydrogen-bond acceptors (Lipinski definition) is 2. The minimum absolute atomic E-state index is 0.236. The van der Waals surface area contributed by atoms with Gasteiger partial charge in [0, 0.05) is 12.0 Å². The monoisotopic (exact) mass is 243 g/mol. The normalized spacial score (nSPS) is 19.2. The number of nitrogens with one attached hydrogen (secondary N) is 1. The molecule has 1 aromatic carbocycles. The molecule has 0 radical (unpaired) electrons. The standard InChI is InChI=1S/C15H21N3/c1-15(7-3-2-4-8-15)14-17-12-6-5-11(10-16)9-13(12)18-14/h5-6,9H,2-4,7-8,10,16H2,1H3,(H,17,18). The summed E-state index contributed by atoms with van der Waals surface area (Å²) in [5.74, 6) is 1.16. The van der Waals surface area contributed by atoms with Gasteiger partial charge in [0.1, 0.15) is 5.82 Å². The zero-order valence-corrected chi connectivity index (χ0v) is 11.0. The van der Waals surface area contributed by atoms with Crippen LogP contribution >= 0.6 is 0 Å². The van der Waals surface area contributed by atoms with Crippen LogP contribution in [0.2, 0.25) is 0 Å². The van der Waals surface area contributed by atoms with Gasteiger partial charge < -0.3 is 10.7 Å². The summed E-state index contributed by atoms with van der Waals surface area (Å²) in [4.78, 5) is 8.30. The van der Waals surface area contributed by atoms with Crippen LogP contribution in [0.4, 0.5) is 0 Å². The predicted molar refractivity (Wildman–Crippen MR) is 74.4 cm³/mol. The maximum Gasteiger partial charge on any atom is 0.113 e. The Bertz CT molecular complexity index is 550. The molecular formula is C15H21N3. The Morgan fingerprint density at radius 3 is 2.78 bits per heavy atom. The highest BCUT2D eigenvalue weighted by atomic mass is 14.9. The molecule has 3 N–H and O–H groups in total. The van der Waals surface area contributed by atoms with Crippen molar-refractivity contribution in [1.29, 1.82) is 0 Å². The van der Waals surface area contributed by atoms with E-state index in [2.05, 4.69) is 30.1 Å². The molecule has 1 aliphatic rings. The maximum absolute atomic E-state index is 5.68. The summed E-state index contributed by atoms with van der Waals surface area (Å²) in [5.41, 5.74) is 9.27. The Morgan fingerprint density at radius 1 is 1.28 bits per heavy atom. The molecule has 0 unspecified atom stereocenters. The number of H-pyrrole nitrogens is 1. The predicted octanol–water partition coefficient (Wildman–Crippen LogP) is 3.24. The molecule has 1 aromatic heterocycles. The van der Waals surface area contributed by atoms with Crippen LogP contribution in [0.25, 0.3) is 11.0 Å². The first-order valence-corrected chi connectivity index (χ1v) is 6.90. The van der Waals surface area contributed by atoms with Crippen molar-refractivity contribution in [3.8, 4) is 0 Å². The van der Waals surface area contributed by atoms with Crippen LogP contribution in [0.15, 0.2) is 18.2 Å². The van der Waals surface area contributed by atoms with E-state index < -0.39 is 0 Å². The number of nitrogens with two attached hydrogens (primary N) is 1. The average molecular weight is 243 g/mol. The van der Waals surface area contributed by atoms with Crippen LogP contribution in [0.5, 0.6) is 0 Å². The highest BCUT2D eigenvalue weighted by Gasteiger charge is 2.31. The topological polar surface area (TPSA) is 54.7 Å². The van der Waals surface area contributed by atoms with Crippen LogP contribution < -0.4 is 5.73 Å². The smallest absolute Gasteiger partial charge is 0.113 e. The maximum atomic E-state index is 5.68. The van der Waals surface area contributed by atoms with Crippen molar-refractivity contribution in [3.05, 3.63) is 29.6 Å². The molecule has 0 amide bonds. The van der Waals surface area contributed by atoms with E-state index in [1.807, 2.05) is 0 Å². The Balaban J connectivity index is 2.02. The van der Waals surface area contributed by atoms with Gasteiger partial charge in [-0.05, 0) is 30.5 Å². The molecule has 3 rings (SSSR count). The van der Waals surface area contributed by atoms with Crippen molar-refractivity contribution in [3.63, 3.8) is 0 Å². The van der Waals surface area contributed by atoms with Crippen molar-refractivity contribution in [2.24, 2.45) is 5.73 Å². The third-order valence-electron chi connectivity index (χ3n) is 4.31. The van der Waals surface area contributed by atoms with E-state index in [-0.39, 0.29) is 5.41 Å². The summed E-state index contributed by atoms with van der Waals surface area (Å²) in [6.07, 6.45) is 6.50. The van der Waals surface area contributed by atoms with Gasteiger partial charge in [-0.25, -0.2) is 4.98 Å². The van der Waals surface area contributed by atoms with E-state index in [9.17, 15) is 0 Å². The Kier molecular flexibility index (Phi) is 2.86. The number of nitrogens with zero attached hydrogens (tertiary/aromatic N) is 1. The minimum atomic E-state index is 0.236. The van der Waals surface area contributed by atoms with Crippen molar-refractivity contribution >= 4 is 11.0 Å². The lowest BCUT2D eigenvalue weighted by atomic mass is 9.75. The quantitative estimate of drug-likeness (QED) is 0.850. The molecule has 2 aromatic rings. The first-order valence-electron chi connectivity index (χ1n) is 6.90. The fourth-order valence-corrected chi connectivity index (χ4v) is 3.04. The van der Waals surface area contributed by atoms with E-state index in [0.29, 0.717) is 6.54 Å². The summed E-state index contributed by atoms with van der Waals surface area (Å²) in [7, 11) is 0. The average Bonchev–Trinajstić information content (AvgIpc) is 2.83. The molecule has 18 heavy (non-hydrogen) atoms. The second-order valence-electron chi connectivity index (χ2n) is 5.76. The van der Waals surface area contributed by atoms with Gasteiger partial charge in [0.2, 0.25) is 0 Å². The van der Waals surface area contributed by atoms with Gasteiger partial charge in [-0.1, -0.05) is 32.3 Å². The zero-order valence-electron chi connectivity index (χ0n) is 11.0. The highest BCUT2D eigenvalue weighted by Crippen LogP contribution is 2.38. The Morgan fingerprint density at radius 2 is 2.06 bits per heavy atom. The lowest BCUT2D eigenvalue weighted by Gasteiger charge is -2.31. The van der Waals surface area contributed by atoms with E-state index >= 15 is 0 Å². The Hall–Kier alpha value is -1.35. The zero-order chi connectivity index (χ0) is 12.6. The van der Waals surface area contributed by atoms with Crippen molar-refractivity contribution in [2.75, 3.05) is 0 Å². The van der Waals surface area contributed by atoms with Crippen molar-refractivity contribution in [1.82, 2.24) is 9.97 Å². The number of fused-ring (bicyclic) bond motifs is 1. The number of benzene rings is 1. The summed E-state index contributed by atoms with van der Waals surface area (Å²) >= 11 is 0. The summed E-state index contributed by atoms with van der Waals surface area (Å²) < 4.78 is 0. The minimum Gasteiger partial charge on any atom is -0.342 e. The van der Waals surface area contributed by atoms with E-state index in [0.717, 1.165) is 22.4 Å². The number of aromatic nitrogens is 2. The van der Waals surface area contributed by atoms with Crippen LogP contribution in [0.1, 0.15) is 50.4 Å². The van der Waals surface area contributed by atoms with Crippen LogP contribution in [0, 0.1) is 0 Å². The molecule has 96 valence electrons. The summed E-state index contributed by atoms with van der Waals surface area (Å²) in [6.45, 7) is 2.93. The molecule has 0 aliphatic heterocycles. The van der Waals surface area contributed by atoms with Gasteiger partial charge in [0.05, 0.1) is 11.0 Å². The molecular weight excluding hydrogens is 222 g/mol. The van der Waals surface area contributed by atoms with Gasteiger partial charge in [-0.2, -0.15) is 0 Å². The van der Waals surface area contributed by atoms with Gasteiger partial charge in [0.15, 0.2) is 0 Å². The number of aromatic amines is 1. The SMILES string of the molecule is CC1(c2nc3ccc(CN)cc3[nH]2)CCCCC1. The molecule has 0 atom stereocenters. The van der Waals surface area contributed by atoms with Gasteiger partial charge in [0.25, 0.3) is 0 Å². The first-order chi connectivity index (χ1) is 8.71. The number of imidazole rings is 1. The van der Waals surface area contributed by atoms with Gasteiger partial charge in [-0.15, -0.1) is 0 Å². The third-order valence-corrected chi connectivity index (χ3v) is 4.31. The third kappa shape index (κ3) is 1.93. The van der Waals surface area contributed by atoms with Crippen molar-refractivity contribution < 1.29 is 0 Å². The fraction of sp³-hybridized carbons (Fsp3) is 0.533. The van der Waals surface area contributed by atoms with E-state index in [4.69, 9.17) is 10.7 Å². The molecule has 3 heteroatoms. The van der Waals surface area contributed by atoms with Gasteiger partial charge >= 0.3 is 0 Å². The molecule has 3 nitrogen and oxygen atoms in total. The van der Waals surface area contributed by atoms with E-state index in [1.54, 1.807) is 0 Å². The molecule has 0 spiro atoms. The van der Waals surface area contributed by atoms with Crippen LogP contribution in [0.3, 0.4) is 0 Å². The van der Waals surface area contributed by atoms with Crippen LogP contribution in [-0.2, 0) is 12.0 Å². The molecule has 0 saturated heterocycles. The lowest BCUT2D eigenvalue weighted by Crippen LogP contribution is -2.26. The highest BCUT2D eigenvalue weighted by molar-refractivity contribution is 5.76. The Labute approximate surface area is 108 Å². The van der Waals surface area contributed by atoms with Crippen LogP contribution in [-0.4, -0.2) is 9.97 Å². The lowest BCUT2D eigenvalue weighted by molar-refractivity contribution is 0.306. The van der Waals surface area contributed by atoms with Gasteiger partial charge in [-0.3, -0.25) is 0 Å². The molecule has 1 saturated carbocycles.